The largest absolute Gasteiger partial charge is 0.493 e. The quantitative estimate of drug-likeness (QED) is 0.515. The molecule has 0 saturated carbocycles. The lowest BCUT2D eigenvalue weighted by atomic mass is 10.1. The summed E-state index contributed by atoms with van der Waals surface area (Å²) >= 11 is 0. The molecular formula is C25H24N2O6S. The average Bonchev–Trinajstić information content (AvgIpc) is 2.87. The zero-order valence-electron chi connectivity index (χ0n) is 18.7. The number of hydrogen-bond donors (Lipinski definition) is 1. The molecule has 4 rings (SSSR count). The summed E-state index contributed by atoms with van der Waals surface area (Å²) < 4.78 is 43.8. The summed E-state index contributed by atoms with van der Waals surface area (Å²) in [7, 11) is -0.780. The number of sulfonamides is 1. The molecule has 0 fully saturated rings. The molecule has 34 heavy (non-hydrogen) atoms. The molecule has 0 radical (unpaired) electrons. The van der Waals surface area contributed by atoms with E-state index in [9.17, 15) is 13.2 Å². The van der Waals surface area contributed by atoms with Crippen LogP contribution in [0.1, 0.15) is 5.56 Å². The second kappa shape index (κ2) is 9.88. The summed E-state index contributed by atoms with van der Waals surface area (Å²) in [6.45, 7) is 0.874. The van der Waals surface area contributed by atoms with Crippen molar-refractivity contribution in [3.05, 3.63) is 78.4 Å². The number of amides is 1. The number of hydrogen-bond acceptors (Lipinski definition) is 6. The molecule has 1 N–H and O–H groups in total. The minimum atomic E-state index is -3.80. The number of benzene rings is 3. The molecule has 8 nitrogen and oxygen atoms in total. The number of ether oxygens (including phenoxy) is 3. The van der Waals surface area contributed by atoms with Gasteiger partial charge in [-0.1, -0.05) is 24.3 Å². The van der Waals surface area contributed by atoms with Crippen LogP contribution in [-0.2, 0) is 14.8 Å². The first-order valence-corrected chi connectivity index (χ1v) is 11.9. The van der Waals surface area contributed by atoms with Crippen molar-refractivity contribution in [2.75, 3.05) is 37.0 Å². The number of anilines is 2. The first-order chi connectivity index (χ1) is 16.4. The topological polar surface area (TPSA) is 94.2 Å². The molecule has 3 aromatic rings. The molecule has 0 aliphatic carbocycles. The van der Waals surface area contributed by atoms with E-state index in [-0.39, 0.29) is 4.90 Å². The Morgan fingerprint density at radius 1 is 1.03 bits per heavy atom. The zero-order valence-corrected chi connectivity index (χ0v) is 19.5. The van der Waals surface area contributed by atoms with Crippen molar-refractivity contribution in [1.82, 2.24) is 0 Å². The molecule has 1 aliphatic rings. The Balaban J connectivity index is 1.49. The Bertz CT molecular complexity index is 1310. The third-order valence-corrected chi connectivity index (χ3v) is 6.94. The minimum absolute atomic E-state index is 0.0669. The molecule has 176 valence electrons. The number of carbonyl (C=O) groups excluding carboxylic acids is 1. The Morgan fingerprint density at radius 2 is 1.79 bits per heavy atom. The number of rotatable bonds is 7. The molecule has 3 aromatic carbocycles. The molecule has 1 heterocycles. The van der Waals surface area contributed by atoms with E-state index in [2.05, 4.69) is 5.32 Å². The Labute approximate surface area is 198 Å². The van der Waals surface area contributed by atoms with Crippen LogP contribution in [0.5, 0.6) is 17.2 Å². The van der Waals surface area contributed by atoms with E-state index in [1.54, 1.807) is 54.6 Å². The molecular weight excluding hydrogens is 456 g/mol. The number of nitrogens with one attached hydrogen (secondary N) is 1. The number of methoxy groups -OCH3 is 1. The highest BCUT2D eigenvalue weighted by Crippen LogP contribution is 2.40. The van der Waals surface area contributed by atoms with Gasteiger partial charge in [-0.25, -0.2) is 8.42 Å². The van der Waals surface area contributed by atoms with Crippen LogP contribution < -0.4 is 23.8 Å². The van der Waals surface area contributed by atoms with E-state index in [0.717, 1.165) is 0 Å². The molecule has 1 amide bonds. The van der Waals surface area contributed by atoms with Gasteiger partial charge in [0.2, 0.25) is 11.7 Å². The summed E-state index contributed by atoms with van der Waals surface area (Å²) in [5.41, 5.74) is 1.59. The first kappa shape index (κ1) is 23.2. The maximum absolute atomic E-state index is 13.0. The predicted octanol–water partition coefficient (Wildman–Crippen LogP) is 3.94. The zero-order chi connectivity index (χ0) is 24.1. The highest BCUT2D eigenvalue weighted by atomic mass is 32.2. The number of nitrogens with zero attached hydrogens (tertiary/aromatic N) is 1. The van der Waals surface area contributed by atoms with Crippen molar-refractivity contribution in [1.29, 1.82) is 0 Å². The third-order valence-electron chi connectivity index (χ3n) is 5.16. The minimum Gasteiger partial charge on any atom is -0.493 e. The van der Waals surface area contributed by atoms with Gasteiger partial charge in [-0.15, -0.1) is 0 Å². The van der Waals surface area contributed by atoms with Gasteiger partial charge in [0.05, 0.1) is 17.7 Å². The third kappa shape index (κ3) is 4.99. The van der Waals surface area contributed by atoms with Gasteiger partial charge in [-0.05, 0) is 54.1 Å². The summed E-state index contributed by atoms with van der Waals surface area (Å²) in [6.07, 6.45) is 2.96. The van der Waals surface area contributed by atoms with Gasteiger partial charge in [0.1, 0.15) is 13.2 Å². The average molecular weight is 481 g/mol. The van der Waals surface area contributed by atoms with Gasteiger partial charge in [0, 0.05) is 18.8 Å². The lowest BCUT2D eigenvalue weighted by Gasteiger charge is -2.20. The molecule has 0 unspecified atom stereocenters. The molecule has 0 bridgehead atoms. The summed E-state index contributed by atoms with van der Waals surface area (Å²) in [5, 5.41) is 2.70. The van der Waals surface area contributed by atoms with E-state index >= 15 is 0 Å². The lowest BCUT2D eigenvalue weighted by molar-refractivity contribution is -0.111. The van der Waals surface area contributed by atoms with Crippen LogP contribution >= 0.6 is 0 Å². The second-order valence-corrected chi connectivity index (χ2v) is 9.38. The predicted molar refractivity (Wildman–Crippen MR) is 130 cm³/mol. The Kier molecular flexibility index (Phi) is 6.74. The monoisotopic (exact) mass is 480 g/mol. The van der Waals surface area contributed by atoms with Crippen LogP contribution in [-0.4, -0.2) is 41.7 Å². The molecule has 0 saturated heterocycles. The Morgan fingerprint density at radius 3 is 2.56 bits per heavy atom. The maximum atomic E-state index is 13.0. The standard InChI is InChI=1S/C25H24N2O6S/c1-27(20-8-4-3-5-9-20)34(29,30)21-10-6-7-19(17-21)26-24(28)12-11-18-15-22(31-2)25-23(16-18)32-13-14-33-25/h3-12,15-17H,13-14H2,1-2H3,(H,26,28)/b12-11+. The fourth-order valence-corrected chi connectivity index (χ4v) is 4.66. The van der Waals surface area contributed by atoms with Gasteiger partial charge < -0.3 is 19.5 Å². The maximum Gasteiger partial charge on any atom is 0.264 e. The van der Waals surface area contributed by atoms with E-state index in [0.29, 0.717) is 47.4 Å². The van der Waals surface area contributed by atoms with Crippen LogP contribution in [0.3, 0.4) is 0 Å². The van der Waals surface area contributed by atoms with Crippen LogP contribution in [0.2, 0.25) is 0 Å². The summed E-state index contributed by atoms with van der Waals surface area (Å²) in [5.74, 6) is 1.18. The van der Waals surface area contributed by atoms with E-state index in [4.69, 9.17) is 14.2 Å². The molecule has 0 spiro atoms. The lowest BCUT2D eigenvalue weighted by Crippen LogP contribution is -2.26. The van der Waals surface area contributed by atoms with Crippen LogP contribution in [0.4, 0.5) is 11.4 Å². The van der Waals surface area contributed by atoms with Gasteiger partial charge in [-0.3, -0.25) is 9.10 Å². The van der Waals surface area contributed by atoms with Crippen molar-refractivity contribution in [3.63, 3.8) is 0 Å². The first-order valence-electron chi connectivity index (χ1n) is 10.5. The normalized spacial score (nSPS) is 12.9. The van der Waals surface area contributed by atoms with Crippen molar-refractivity contribution in [3.8, 4) is 17.2 Å². The second-order valence-electron chi connectivity index (χ2n) is 7.41. The van der Waals surface area contributed by atoms with E-state index in [1.165, 1.54) is 36.7 Å². The van der Waals surface area contributed by atoms with E-state index < -0.39 is 15.9 Å². The van der Waals surface area contributed by atoms with Gasteiger partial charge in [-0.2, -0.15) is 0 Å². The molecule has 9 heteroatoms. The number of para-hydroxylation sites is 1. The van der Waals surface area contributed by atoms with Crippen molar-refractivity contribution < 1.29 is 27.4 Å². The number of fused-ring (bicyclic) bond motifs is 1. The van der Waals surface area contributed by atoms with Crippen molar-refractivity contribution >= 4 is 33.4 Å². The van der Waals surface area contributed by atoms with Crippen LogP contribution in [0.15, 0.2) is 77.7 Å². The molecule has 1 aliphatic heterocycles. The molecule has 0 aromatic heterocycles. The van der Waals surface area contributed by atoms with Crippen molar-refractivity contribution in [2.45, 2.75) is 4.90 Å². The van der Waals surface area contributed by atoms with E-state index in [1.807, 2.05) is 6.07 Å². The summed E-state index contributed by atoms with van der Waals surface area (Å²) in [6, 6.07) is 18.4. The van der Waals surface area contributed by atoms with Gasteiger partial charge in [0.25, 0.3) is 10.0 Å². The van der Waals surface area contributed by atoms with Crippen LogP contribution in [0, 0.1) is 0 Å². The Hall–Kier alpha value is -3.98. The SMILES string of the molecule is COc1cc(/C=C/C(=O)Nc2cccc(S(=O)(=O)N(C)c3ccccc3)c2)cc2c1OCCO2. The van der Waals surface area contributed by atoms with Gasteiger partial charge >= 0.3 is 0 Å². The highest BCUT2D eigenvalue weighted by Gasteiger charge is 2.22. The molecule has 0 atom stereocenters. The van der Waals surface area contributed by atoms with Crippen molar-refractivity contribution in [2.24, 2.45) is 0 Å². The fourth-order valence-electron chi connectivity index (χ4n) is 3.41. The smallest absolute Gasteiger partial charge is 0.264 e. The van der Waals surface area contributed by atoms with Crippen LogP contribution in [0.25, 0.3) is 6.08 Å². The fraction of sp³-hybridized carbons (Fsp3) is 0.160. The van der Waals surface area contributed by atoms with Gasteiger partial charge in [0.15, 0.2) is 11.5 Å². The number of carbonyl (C=O) groups is 1. The highest BCUT2D eigenvalue weighted by molar-refractivity contribution is 7.92. The summed E-state index contributed by atoms with van der Waals surface area (Å²) in [4.78, 5) is 12.6.